The summed E-state index contributed by atoms with van der Waals surface area (Å²) in [5, 5.41) is 6.61. The molecule has 0 amide bonds. The van der Waals surface area contributed by atoms with E-state index in [1.54, 1.807) is 11.3 Å². The molecule has 0 aliphatic carbocycles. The largest absolute Gasteiger partial charge is 0.487 e. The second-order valence-corrected chi connectivity index (χ2v) is 6.49. The van der Waals surface area contributed by atoms with Crippen LogP contribution in [-0.2, 0) is 19.6 Å². The van der Waals surface area contributed by atoms with Crippen molar-refractivity contribution in [2.24, 2.45) is 5.92 Å². The number of benzene rings is 1. The Hall–Kier alpha value is -1.39. The predicted octanol–water partition coefficient (Wildman–Crippen LogP) is 4.03. The maximum atomic E-state index is 5.81. The number of ether oxygens (including phenoxy) is 1. The highest BCUT2D eigenvalue weighted by molar-refractivity contribution is 7.09. The third kappa shape index (κ3) is 5.48. The van der Waals surface area contributed by atoms with Gasteiger partial charge >= 0.3 is 0 Å². The lowest BCUT2D eigenvalue weighted by molar-refractivity contribution is 0.301. The molecule has 0 aliphatic rings. The summed E-state index contributed by atoms with van der Waals surface area (Å²) in [5.41, 5.74) is 2.30. The lowest BCUT2D eigenvalue weighted by Gasteiger charge is -2.06. The van der Waals surface area contributed by atoms with Gasteiger partial charge in [0.2, 0.25) is 0 Å². The van der Waals surface area contributed by atoms with E-state index in [-0.39, 0.29) is 0 Å². The van der Waals surface area contributed by atoms with Gasteiger partial charge < -0.3 is 10.1 Å². The Bertz CT molecular complexity index is 551. The molecule has 1 aromatic heterocycles. The monoisotopic (exact) mass is 304 g/mol. The summed E-state index contributed by atoms with van der Waals surface area (Å²) >= 11 is 1.69. The van der Waals surface area contributed by atoms with Gasteiger partial charge in [0.15, 0.2) is 0 Å². The van der Waals surface area contributed by atoms with Crippen LogP contribution in [-0.4, -0.2) is 11.5 Å². The first-order valence-electron chi connectivity index (χ1n) is 7.53. The number of aromatic nitrogens is 1. The Labute approximate surface area is 131 Å². The number of aryl methyl sites for hydroxylation is 1. The highest BCUT2D eigenvalue weighted by atomic mass is 32.1. The van der Waals surface area contributed by atoms with Crippen LogP contribution in [0.1, 0.15) is 37.0 Å². The number of thiazole rings is 1. The molecule has 3 nitrogen and oxygen atoms in total. The second-order valence-electron chi connectivity index (χ2n) is 5.55. The van der Waals surface area contributed by atoms with Crippen LogP contribution in [0.5, 0.6) is 5.75 Å². The maximum Gasteiger partial charge on any atom is 0.131 e. The summed E-state index contributed by atoms with van der Waals surface area (Å²) in [6.07, 6.45) is 1.03. The van der Waals surface area contributed by atoms with Crippen LogP contribution in [0.2, 0.25) is 0 Å². The molecule has 2 aromatic rings. The van der Waals surface area contributed by atoms with Gasteiger partial charge in [0.1, 0.15) is 17.4 Å². The fourth-order valence-electron chi connectivity index (χ4n) is 1.98. The van der Waals surface area contributed by atoms with Gasteiger partial charge in [0.05, 0.1) is 5.69 Å². The molecule has 0 unspecified atom stereocenters. The van der Waals surface area contributed by atoms with E-state index in [1.165, 1.54) is 5.56 Å². The summed E-state index contributed by atoms with van der Waals surface area (Å²) in [7, 11) is 0. The summed E-state index contributed by atoms with van der Waals surface area (Å²) in [5.74, 6) is 1.58. The van der Waals surface area contributed by atoms with Crippen molar-refractivity contribution in [2.45, 2.75) is 40.3 Å². The van der Waals surface area contributed by atoms with Crippen LogP contribution in [0.15, 0.2) is 29.6 Å². The van der Waals surface area contributed by atoms with Gasteiger partial charge in [-0.05, 0) is 36.6 Å². The van der Waals surface area contributed by atoms with Gasteiger partial charge in [0, 0.05) is 11.9 Å². The van der Waals surface area contributed by atoms with Crippen LogP contribution >= 0.6 is 11.3 Å². The van der Waals surface area contributed by atoms with E-state index >= 15 is 0 Å². The standard InChI is InChI=1S/C17H24N2OS/c1-4-14-6-5-7-16(8-14)20-11-15-12-21-17(19-15)10-18-9-13(2)3/h5-8,12-13,18H,4,9-11H2,1-3H3. The zero-order valence-electron chi connectivity index (χ0n) is 13.1. The fraction of sp³-hybridized carbons (Fsp3) is 0.471. The molecular formula is C17H24N2OS. The topological polar surface area (TPSA) is 34.1 Å². The quantitative estimate of drug-likeness (QED) is 0.799. The number of hydrogen-bond donors (Lipinski definition) is 1. The van der Waals surface area contributed by atoms with Crippen molar-refractivity contribution in [1.29, 1.82) is 0 Å². The van der Waals surface area contributed by atoms with Gasteiger partial charge in [-0.2, -0.15) is 0 Å². The van der Waals surface area contributed by atoms with Gasteiger partial charge in [-0.15, -0.1) is 11.3 Å². The first-order valence-corrected chi connectivity index (χ1v) is 8.41. The molecule has 2 rings (SSSR count). The molecule has 1 N–H and O–H groups in total. The highest BCUT2D eigenvalue weighted by Gasteiger charge is 2.04. The van der Waals surface area contributed by atoms with E-state index in [0.29, 0.717) is 12.5 Å². The molecule has 0 aliphatic heterocycles. The van der Waals surface area contributed by atoms with E-state index in [4.69, 9.17) is 4.74 Å². The number of nitrogens with zero attached hydrogens (tertiary/aromatic N) is 1. The first kappa shape index (κ1) is 16.0. The number of nitrogens with one attached hydrogen (secondary N) is 1. The highest BCUT2D eigenvalue weighted by Crippen LogP contribution is 2.16. The number of rotatable bonds is 8. The summed E-state index contributed by atoms with van der Waals surface area (Å²) in [6, 6.07) is 8.25. The molecule has 0 atom stereocenters. The van der Waals surface area contributed by atoms with Crippen LogP contribution in [0.4, 0.5) is 0 Å². The lowest BCUT2D eigenvalue weighted by Crippen LogP contribution is -2.18. The Morgan fingerprint density at radius 2 is 2.19 bits per heavy atom. The molecular weight excluding hydrogens is 280 g/mol. The summed E-state index contributed by atoms with van der Waals surface area (Å²) < 4.78 is 5.81. The van der Waals surface area contributed by atoms with Crippen LogP contribution in [0.25, 0.3) is 0 Å². The fourth-order valence-corrected chi connectivity index (χ4v) is 2.72. The Morgan fingerprint density at radius 3 is 2.95 bits per heavy atom. The van der Waals surface area contributed by atoms with E-state index in [9.17, 15) is 0 Å². The van der Waals surface area contributed by atoms with Gasteiger partial charge in [-0.1, -0.05) is 32.9 Å². The van der Waals surface area contributed by atoms with Crippen molar-refractivity contribution in [3.05, 3.63) is 45.9 Å². The Kier molecular flexibility index (Phi) is 6.21. The molecule has 1 aromatic carbocycles. The zero-order chi connectivity index (χ0) is 15.1. The van der Waals surface area contributed by atoms with Crippen molar-refractivity contribution >= 4 is 11.3 Å². The van der Waals surface area contributed by atoms with E-state index in [1.807, 2.05) is 12.1 Å². The molecule has 114 valence electrons. The molecule has 4 heteroatoms. The molecule has 0 saturated carbocycles. The molecule has 0 radical (unpaired) electrons. The molecule has 0 saturated heterocycles. The molecule has 21 heavy (non-hydrogen) atoms. The van der Waals surface area contributed by atoms with Crippen LogP contribution < -0.4 is 10.1 Å². The molecule has 0 fully saturated rings. The SMILES string of the molecule is CCc1cccc(OCc2csc(CNCC(C)C)n2)c1. The third-order valence-corrected chi connectivity index (χ3v) is 4.02. The second kappa shape index (κ2) is 8.15. The predicted molar refractivity (Wildman–Crippen MR) is 88.8 cm³/mol. The van der Waals surface area contributed by atoms with E-state index in [2.05, 4.69) is 48.6 Å². The van der Waals surface area contributed by atoms with Gasteiger partial charge in [0.25, 0.3) is 0 Å². The van der Waals surface area contributed by atoms with E-state index in [0.717, 1.165) is 36.0 Å². The van der Waals surface area contributed by atoms with Crippen molar-refractivity contribution in [2.75, 3.05) is 6.54 Å². The van der Waals surface area contributed by atoms with E-state index < -0.39 is 0 Å². The Balaban J connectivity index is 1.82. The summed E-state index contributed by atoms with van der Waals surface area (Å²) in [4.78, 5) is 4.60. The van der Waals surface area contributed by atoms with Crippen LogP contribution in [0.3, 0.4) is 0 Å². The molecule has 0 bridgehead atoms. The molecule has 0 spiro atoms. The minimum absolute atomic E-state index is 0.536. The first-order chi connectivity index (χ1) is 10.2. The minimum atomic E-state index is 0.536. The smallest absolute Gasteiger partial charge is 0.131 e. The average Bonchev–Trinajstić information content (AvgIpc) is 2.93. The average molecular weight is 304 g/mol. The van der Waals surface area contributed by atoms with Crippen molar-refractivity contribution in [1.82, 2.24) is 10.3 Å². The van der Waals surface area contributed by atoms with Crippen molar-refractivity contribution in [3.8, 4) is 5.75 Å². The van der Waals surface area contributed by atoms with Gasteiger partial charge in [-0.25, -0.2) is 4.98 Å². The Morgan fingerprint density at radius 1 is 1.33 bits per heavy atom. The van der Waals surface area contributed by atoms with Crippen molar-refractivity contribution < 1.29 is 4.74 Å². The third-order valence-electron chi connectivity index (χ3n) is 3.12. The molecule has 1 heterocycles. The number of hydrogen-bond acceptors (Lipinski definition) is 4. The van der Waals surface area contributed by atoms with Gasteiger partial charge in [-0.3, -0.25) is 0 Å². The minimum Gasteiger partial charge on any atom is -0.487 e. The van der Waals surface area contributed by atoms with Crippen molar-refractivity contribution in [3.63, 3.8) is 0 Å². The zero-order valence-corrected chi connectivity index (χ0v) is 13.9. The summed E-state index contributed by atoms with van der Waals surface area (Å²) in [6.45, 7) is 8.96. The van der Waals surface area contributed by atoms with Crippen LogP contribution in [0, 0.1) is 5.92 Å². The normalized spacial score (nSPS) is 11.0. The maximum absolute atomic E-state index is 5.81. The lowest BCUT2D eigenvalue weighted by atomic mass is 10.2.